The lowest BCUT2D eigenvalue weighted by molar-refractivity contribution is 0.102. The van der Waals surface area contributed by atoms with E-state index >= 15 is 0 Å². The average molecular weight is 380 g/mol. The third kappa shape index (κ3) is 2.99. The van der Waals surface area contributed by atoms with Crippen LogP contribution in [0.5, 0.6) is 11.5 Å². The first-order valence-corrected chi connectivity index (χ1v) is 10.2. The lowest BCUT2D eigenvalue weighted by atomic mass is 10.2. The zero-order valence-electron chi connectivity index (χ0n) is 13.2. The van der Waals surface area contributed by atoms with Crippen LogP contribution in [0.1, 0.15) is 22.5 Å². The van der Waals surface area contributed by atoms with Gasteiger partial charge in [-0.15, -0.1) is 11.3 Å². The number of hydrogen-bond donors (Lipinski definition) is 1. The fourth-order valence-electron chi connectivity index (χ4n) is 2.90. The minimum atomic E-state index is -3.63. The van der Waals surface area contributed by atoms with E-state index in [0.29, 0.717) is 30.3 Å². The molecule has 0 atom stereocenters. The summed E-state index contributed by atoms with van der Waals surface area (Å²) in [6, 6.07) is 6.54. The Bertz CT molecular complexity index is 916. The molecule has 9 heteroatoms. The number of thiophene rings is 1. The van der Waals surface area contributed by atoms with Crippen molar-refractivity contribution in [1.82, 2.24) is 4.31 Å². The van der Waals surface area contributed by atoms with Crippen molar-refractivity contribution < 1.29 is 22.7 Å². The maximum Gasteiger partial charge on any atom is 0.267 e. The van der Waals surface area contributed by atoms with Crippen LogP contribution in [0.25, 0.3) is 0 Å². The lowest BCUT2D eigenvalue weighted by Gasteiger charge is -2.15. The zero-order valence-corrected chi connectivity index (χ0v) is 14.9. The molecule has 0 saturated carbocycles. The van der Waals surface area contributed by atoms with E-state index in [9.17, 15) is 13.2 Å². The number of ether oxygens (including phenoxy) is 2. The summed E-state index contributed by atoms with van der Waals surface area (Å²) in [5.41, 5.74) is 0.521. The SMILES string of the molecule is O=C(Nc1ccc2c(c1)OCO2)c1sccc1S(=O)(=O)N1CCCC1. The number of carbonyl (C=O) groups is 1. The molecule has 2 aromatic rings. The molecule has 1 N–H and O–H groups in total. The predicted molar refractivity (Wildman–Crippen MR) is 92.8 cm³/mol. The number of amides is 1. The maximum atomic E-state index is 12.7. The van der Waals surface area contributed by atoms with E-state index < -0.39 is 15.9 Å². The van der Waals surface area contributed by atoms with Crippen LogP contribution in [0.2, 0.25) is 0 Å². The summed E-state index contributed by atoms with van der Waals surface area (Å²) < 4.78 is 37.4. The molecule has 0 spiro atoms. The molecular weight excluding hydrogens is 364 g/mol. The Balaban J connectivity index is 1.58. The summed E-state index contributed by atoms with van der Waals surface area (Å²) in [4.78, 5) is 12.9. The molecule has 0 bridgehead atoms. The average Bonchev–Trinajstić information content (AvgIpc) is 3.33. The highest BCUT2D eigenvalue weighted by molar-refractivity contribution is 7.89. The second-order valence-electron chi connectivity index (χ2n) is 5.75. The van der Waals surface area contributed by atoms with Gasteiger partial charge in [0.2, 0.25) is 16.8 Å². The van der Waals surface area contributed by atoms with Gasteiger partial charge in [0.05, 0.1) is 0 Å². The summed E-state index contributed by atoms with van der Waals surface area (Å²) >= 11 is 1.11. The largest absolute Gasteiger partial charge is 0.454 e. The normalized spacial score (nSPS) is 17.0. The maximum absolute atomic E-state index is 12.7. The molecule has 4 rings (SSSR count). The standard InChI is InChI=1S/C16H16N2O5S2/c19-16(17-11-3-4-12-13(9-11)23-10-22-12)15-14(5-8-24-15)25(20,21)18-6-1-2-7-18/h3-5,8-9H,1-2,6-7,10H2,(H,17,19). The van der Waals surface area contributed by atoms with Crippen LogP contribution >= 0.6 is 11.3 Å². The summed E-state index contributed by atoms with van der Waals surface area (Å²) in [6.45, 7) is 1.15. The summed E-state index contributed by atoms with van der Waals surface area (Å²) in [5, 5.41) is 4.35. The Morgan fingerprint density at radius 3 is 2.68 bits per heavy atom. The number of hydrogen-bond acceptors (Lipinski definition) is 6. The van der Waals surface area contributed by atoms with Crippen LogP contribution in [-0.2, 0) is 10.0 Å². The van der Waals surface area contributed by atoms with E-state index in [0.717, 1.165) is 24.2 Å². The Morgan fingerprint density at radius 2 is 1.88 bits per heavy atom. The van der Waals surface area contributed by atoms with Crippen molar-refractivity contribution in [1.29, 1.82) is 0 Å². The molecule has 1 aromatic heterocycles. The molecule has 1 aromatic carbocycles. The highest BCUT2D eigenvalue weighted by Gasteiger charge is 2.32. The third-order valence-corrected chi connectivity index (χ3v) is 7.13. The lowest BCUT2D eigenvalue weighted by Crippen LogP contribution is -2.29. The van der Waals surface area contributed by atoms with Gasteiger partial charge >= 0.3 is 0 Å². The predicted octanol–water partition coefficient (Wildman–Crippen LogP) is 2.51. The number of carbonyl (C=O) groups excluding carboxylic acids is 1. The molecule has 3 heterocycles. The van der Waals surface area contributed by atoms with Gasteiger partial charge in [0.15, 0.2) is 11.5 Å². The minimum Gasteiger partial charge on any atom is -0.454 e. The van der Waals surface area contributed by atoms with Crippen molar-refractivity contribution in [3.8, 4) is 11.5 Å². The number of benzene rings is 1. The number of sulfonamides is 1. The molecule has 1 saturated heterocycles. The van der Waals surface area contributed by atoms with E-state index in [-0.39, 0.29) is 16.6 Å². The van der Waals surface area contributed by atoms with Gasteiger partial charge in [-0.05, 0) is 36.4 Å². The number of fused-ring (bicyclic) bond motifs is 1. The Morgan fingerprint density at radius 1 is 1.12 bits per heavy atom. The summed E-state index contributed by atoms with van der Waals surface area (Å²) in [7, 11) is -3.63. The number of anilines is 1. The van der Waals surface area contributed by atoms with Crippen LogP contribution in [0.4, 0.5) is 5.69 Å². The zero-order chi connectivity index (χ0) is 17.4. The smallest absolute Gasteiger partial charge is 0.267 e. The first kappa shape index (κ1) is 16.4. The van der Waals surface area contributed by atoms with Crippen molar-refractivity contribution >= 4 is 33.0 Å². The Labute approximate surface area is 149 Å². The minimum absolute atomic E-state index is 0.0673. The topological polar surface area (TPSA) is 84.9 Å². The molecule has 1 amide bonds. The fourth-order valence-corrected chi connectivity index (χ4v) is 5.71. The monoisotopic (exact) mass is 380 g/mol. The van der Waals surface area contributed by atoms with Crippen molar-refractivity contribution in [2.24, 2.45) is 0 Å². The first-order valence-electron chi connectivity index (χ1n) is 7.84. The number of rotatable bonds is 4. The molecule has 0 radical (unpaired) electrons. The van der Waals surface area contributed by atoms with E-state index in [1.54, 1.807) is 23.6 Å². The second-order valence-corrected chi connectivity index (χ2v) is 8.57. The molecule has 25 heavy (non-hydrogen) atoms. The van der Waals surface area contributed by atoms with Gasteiger partial charge in [0.25, 0.3) is 5.91 Å². The fraction of sp³-hybridized carbons (Fsp3) is 0.312. The molecule has 132 valence electrons. The first-order chi connectivity index (χ1) is 12.1. The Hall–Kier alpha value is -2.10. The van der Waals surface area contributed by atoms with E-state index in [4.69, 9.17) is 9.47 Å². The van der Waals surface area contributed by atoms with Gasteiger partial charge in [-0.2, -0.15) is 4.31 Å². The molecular formula is C16H16N2O5S2. The van der Waals surface area contributed by atoms with Crippen molar-refractivity contribution in [3.05, 3.63) is 34.5 Å². The molecule has 2 aliphatic heterocycles. The van der Waals surface area contributed by atoms with E-state index in [1.165, 1.54) is 10.4 Å². The highest BCUT2D eigenvalue weighted by Crippen LogP contribution is 2.35. The summed E-state index contributed by atoms with van der Waals surface area (Å²) in [6.07, 6.45) is 1.70. The van der Waals surface area contributed by atoms with Crippen LogP contribution < -0.4 is 14.8 Å². The highest BCUT2D eigenvalue weighted by atomic mass is 32.2. The molecule has 1 fully saturated rings. The molecule has 0 unspecified atom stereocenters. The molecule has 0 aliphatic carbocycles. The van der Waals surface area contributed by atoms with Gasteiger partial charge in [-0.1, -0.05) is 0 Å². The van der Waals surface area contributed by atoms with Gasteiger partial charge in [-0.25, -0.2) is 8.42 Å². The van der Waals surface area contributed by atoms with Gasteiger partial charge in [0.1, 0.15) is 9.77 Å². The van der Waals surface area contributed by atoms with E-state index in [1.807, 2.05) is 0 Å². The quantitative estimate of drug-likeness (QED) is 0.881. The number of nitrogens with zero attached hydrogens (tertiary/aromatic N) is 1. The Kier molecular flexibility index (Phi) is 4.14. The van der Waals surface area contributed by atoms with Gasteiger partial charge in [-0.3, -0.25) is 4.79 Å². The van der Waals surface area contributed by atoms with Crippen LogP contribution in [0.3, 0.4) is 0 Å². The van der Waals surface area contributed by atoms with Crippen LogP contribution in [-0.4, -0.2) is 38.5 Å². The van der Waals surface area contributed by atoms with Crippen LogP contribution in [0.15, 0.2) is 34.5 Å². The number of nitrogens with one attached hydrogen (secondary N) is 1. The van der Waals surface area contributed by atoms with Crippen molar-refractivity contribution in [3.63, 3.8) is 0 Å². The van der Waals surface area contributed by atoms with Crippen molar-refractivity contribution in [2.75, 3.05) is 25.2 Å². The van der Waals surface area contributed by atoms with Crippen molar-refractivity contribution in [2.45, 2.75) is 17.7 Å². The summed E-state index contributed by atoms with van der Waals surface area (Å²) in [5.74, 6) is 0.715. The van der Waals surface area contributed by atoms with Crippen LogP contribution in [0, 0.1) is 0 Å². The molecule has 2 aliphatic rings. The van der Waals surface area contributed by atoms with Gasteiger partial charge < -0.3 is 14.8 Å². The van der Waals surface area contributed by atoms with Gasteiger partial charge in [0, 0.05) is 24.8 Å². The molecule has 7 nitrogen and oxygen atoms in total. The van der Waals surface area contributed by atoms with E-state index in [2.05, 4.69) is 5.32 Å². The second kappa shape index (κ2) is 6.32. The third-order valence-electron chi connectivity index (χ3n) is 4.15.